The van der Waals surface area contributed by atoms with Gasteiger partial charge >= 0.3 is 0 Å². The number of halogens is 1. The second-order valence-corrected chi connectivity index (χ2v) is 4.14. The third kappa shape index (κ3) is 2.53. The van der Waals surface area contributed by atoms with Gasteiger partial charge in [0.2, 0.25) is 5.78 Å². The Morgan fingerprint density at radius 3 is 2.59 bits per heavy atom. The highest BCUT2D eigenvalue weighted by Gasteiger charge is 2.13. The first-order valence-corrected chi connectivity index (χ1v) is 5.84. The molecule has 0 N–H and O–H groups in total. The molecule has 1 aromatic heterocycles. The van der Waals surface area contributed by atoms with E-state index in [0.717, 1.165) is 12.0 Å². The molecule has 3 heteroatoms. The average molecular weight is 246 g/mol. The highest BCUT2D eigenvalue weighted by atomic mass is 35.5. The maximum Gasteiger partial charge on any atom is 0.211 e. The molecule has 2 rings (SSSR count). The van der Waals surface area contributed by atoms with Gasteiger partial charge in [-0.1, -0.05) is 24.6 Å². The van der Waals surface area contributed by atoms with E-state index in [9.17, 15) is 4.79 Å². The number of hydrogen-bond acceptors (Lipinski definition) is 2. The summed E-state index contributed by atoms with van der Waals surface area (Å²) in [5.41, 5.74) is 2.10. The van der Waals surface area contributed by atoms with Crippen LogP contribution in [0.5, 0.6) is 0 Å². The van der Waals surface area contributed by atoms with Gasteiger partial charge in [0.1, 0.15) is 5.69 Å². The van der Waals surface area contributed by atoms with Crippen LogP contribution in [-0.2, 0) is 6.42 Å². The van der Waals surface area contributed by atoms with Gasteiger partial charge in [0.05, 0.1) is 0 Å². The Labute approximate surface area is 105 Å². The van der Waals surface area contributed by atoms with Crippen LogP contribution in [0.3, 0.4) is 0 Å². The fraction of sp³-hybridized carbons (Fsp3) is 0.143. The van der Waals surface area contributed by atoms with Crippen LogP contribution in [0, 0.1) is 0 Å². The summed E-state index contributed by atoms with van der Waals surface area (Å²) in [7, 11) is 0. The molecule has 0 saturated carbocycles. The van der Waals surface area contributed by atoms with Gasteiger partial charge in [-0.05, 0) is 42.3 Å². The van der Waals surface area contributed by atoms with Gasteiger partial charge in [-0.2, -0.15) is 0 Å². The van der Waals surface area contributed by atoms with E-state index in [4.69, 9.17) is 11.6 Å². The SMILES string of the molecule is CCc1cccnc1C(=O)c1ccc(Cl)cc1. The van der Waals surface area contributed by atoms with Crippen LogP contribution in [0.1, 0.15) is 28.5 Å². The van der Waals surface area contributed by atoms with Gasteiger partial charge in [0.25, 0.3) is 0 Å². The Morgan fingerprint density at radius 2 is 1.94 bits per heavy atom. The zero-order valence-electron chi connectivity index (χ0n) is 9.48. The average Bonchev–Trinajstić information content (AvgIpc) is 2.39. The fourth-order valence-corrected chi connectivity index (χ4v) is 1.79. The number of nitrogens with zero attached hydrogens (tertiary/aromatic N) is 1. The summed E-state index contributed by atoms with van der Waals surface area (Å²) in [6.45, 7) is 2.01. The van der Waals surface area contributed by atoms with E-state index < -0.39 is 0 Å². The van der Waals surface area contributed by atoms with E-state index in [0.29, 0.717) is 16.3 Å². The fourth-order valence-electron chi connectivity index (χ4n) is 1.67. The second kappa shape index (κ2) is 5.11. The van der Waals surface area contributed by atoms with Crippen molar-refractivity contribution in [3.63, 3.8) is 0 Å². The Bertz CT molecular complexity index is 534. The number of aryl methyl sites for hydroxylation is 1. The number of carbonyl (C=O) groups is 1. The minimum Gasteiger partial charge on any atom is -0.287 e. The van der Waals surface area contributed by atoms with E-state index in [1.165, 1.54) is 0 Å². The van der Waals surface area contributed by atoms with Crippen molar-refractivity contribution in [2.45, 2.75) is 13.3 Å². The molecule has 0 aliphatic heterocycles. The molecule has 2 nitrogen and oxygen atoms in total. The molecule has 0 bridgehead atoms. The van der Waals surface area contributed by atoms with Crippen molar-refractivity contribution in [3.05, 3.63) is 64.4 Å². The number of carbonyl (C=O) groups excluding carboxylic acids is 1. The van der Waals surface area contributed by atoms with Crippen molar-refractivity contribution in [2.24, 2.45) is 0 Å². The molecule has 0 spiro atoms. The third-order valence-electron chi connectivity index (χ3n) is 2.59. The first kappa shape index (κ1) is 11.8. The summed E-state index contributed by atoms with van der Waals surface area (Å²) in [4.78, 5) is 16.4. The van der Waals surface area contributed by atoms with Gasteiger partial charge in [0.15, 0.2) is 0 Å². The second-order valence-electron chi connectivity index (χ2n) is 3.70. The zero-order valence-corrected chi connectivity index (χ0v) is 10.2. The predicted molar refractivity (Wildman–Crippen MR) is 68.5 cm³/mol. The maximum absolute atomic E-state index is 12.2. The van der Waals surface area contributed by atoms with Crippen LogP contribution in [0.15, 0.2) is 42.6 Å². The quantitative estimate of drug-likeness (QED) is 0.775. The van der Waals surface area contributed by atoms with Crippen molar-refractivity contribution >= 4 is 17.4 Å². The summed E-state index contributed by atoms with van der Waals surface area (Å²) < 4.78 is 0. The monoisotopic (exact) mass is 245 g/mol. The van der Waals surface area contributed by atoms with Gasteiger partial charge in [-0.15, -0.1) is 0 Å². The van der Waals surface area contributed by atoms with Crippen molar-refractivity contribution in [3.8, 4) is 0 Å². The molecule has 1 aromatic carbocycles. The number of ketones is 1. The minimum absolute atomic E-state index is 0.0564. The lowest BCUT2D eigenvalue weighted by atomic mass is 10.0. The largest absolute Gasteiger partial charge is 0.287 e. The Morgan fingerprint density at radius 1 is 1.24 bits per heavy atom. The molecule has 2 aromatic rings. The molecular weight excluding hydrogens is 234 g/mol. The lowest BCUT2D eigenvalue weighted by Crippen LogP contribution is -2.07. The van der Waals surface area contributed by atoms with Crippen LogP contribution >= 0.6 is 11.6 Å². The predicted octanol–water partition coefficient (Wildman–Crippen LogP) is 3.53. The van der Waals surface area contributed by atoms with Crippen molar-refractivity contribution < 1.29 is 4.79 Å². The topological polar surface area (TPSA) is 30.0 Å². The molecule has 0 saturated heterocycles. The van der Waals surface area contributed by atoms with Crippen molar-refractivity contribution in [1.29, 1.82) is 0 Å². The number of pyridine rings is 1. The van der Waals surface area contributed by atoms with E-state index in [1.54, 1.807) is 30.5 Å². The number of benzene rings is 1. The first-order chi connectivity index (χ1) is 8.22. The van der Waals surface area contributed by atoms with Crippen LogP contribution in [0.2, 0.25) is 5.02 Å². The molecule has 17 heavy (non-hydrogen) atoms. The summed E-state index contributed by atoms with van der Waals surface area (Å²) in [5.74, 6) is -0.0564. The highest BCUT2D eigenvalue weighted by Crippen LogP contribution is 2.15. The molecule has 1 heterocycles. The lowest BCUT2D eigenvalue weighted by Gasteiger charge is -2.05. The Hall–Kier alpha value is -1.67. The van der Waals surface area contributed by atoms with Crippen LogP contribution in [0.25, 0.3) is 0 Å². The third-order valence-corrected chi connectivity index (χ3v) is 2.85. The van der Waals surface area contributed by atoms with E-state index in [2.05, 4.69) is 4.98 Å². The minimum atomic E-state index is -0.0564. The van der Waals surface area contributed by atoms with Gasteiger partial charge in [0, 0.05) is 16.8 Å². The van der Waals surface area contributed by atoms with Crippen LogP contribution in [-0.4, -0.2) is 10.8 Å². The molecular formula is C14H12ClNO. The molecule has 0 amide bonds. The zero-order chi connectivity index (χ0) is 12.3. The normalized spacial score (nSPS) is 10.2. The van der Waals surface area contributed by atoms with Gasteiger partial charge < -0.3 is 0 Å². The summed E-state index contributed by atoms with van der Waals surface area (Å²) >= 11 is 5.79. The summed E-state index contributed by atoms with van der Waals surface area (Å²) in [5, 5.41) is 0.623. The summed E-state index contributed by atoms with van der Waals surface area (Å²) in [6.07, 6.45) is 2.44. The Kier molecular flexibility index (Phi) is 3.55. The van der Waals surface area contributed by atoms with Gasteiger partial charge in [-0.25, -0.2) is 0 Å². The Balaban J connectivity index is 2.40. The molecule has 0 fully saturated rings. The number of aromatic nitrogens is 1. The first-order valence-electron chi connectivity index (χ1n) is 5.46. The molecule has 0 aliphatic carbocycles. The number of rotatable bonds is 3. The highest BCUT2D eigenvalue weighted by molar-refractivity contribution is 6.30. The van der Waals surface area contributed by atoms with Crippen molar-refractivity contribution in [1.82, 2.24) is 4.98 Å². The maximum atomic E-state index is 12.2. The molecule has 0 radical (unpaired) electrons. The van der Waals surface area contributed by atoms with Gasteiger partial charge in [-0.3, -0.25) is 9.78 Å². The lowest BCUT2D eigenvalue weighted by molar-refractivity contribution is 0.103. The van der Waals surface area contributed by atoms with E-state index in [-0.39, 0.29) is 5.78 Å². The molecule has 86 valence electrons. The number of hydrogen-bond donors (Lipinski definition) is 0. The van der Waals surface area contributed by atoms with Crippen molar-refractivity contribution in [2.75, 3.05) is 0 Å². The smallest absolute Gasteiger partial charge is 0.211 e. The molecule has 0 aliphatic rings. The van der Waals surface area contributed by atoms with Crippen LogP contribution < -0.4 is 0 Å². The molecule has 0 unspecified atom stereocenters. The van der Waals surface area contributed by atoms with E-state index >= 15 is 0 Å². The van der Waals surface area contributed by atoms with E-state index in [1.807, 2.05) is 19.1 Å². The summed E-state index contributed by atoms with van der Waals surface area (Å²) in [6, 6.07) is 10.6. The standard InChI is InChI=1S/C14H12ClNO/c1-2-10-4-3-9-16-13(10)14(17)11-5-7-12(15)8-6-11/h3-9H,2H2,1H3. The van der Waals surface area contributed by atoms with Crippen LogP contribution in [0.4, 0.5) is 0 Å². The molecule has 0 atom stereocenters.